The second kappa shape index (κ2) is 10.4. The summed E-state index contributed by atoms with van der Waals surface area (Å²) in [5.74, 6) is -41.1. The molecular formula is C16H15F13N4O4. The van der Waals surface area contributed by atoms with Crippen molar-refractivity contribution in [3.8, 4) is 0 Å². The van der Waals surface area contributed by atoms with Crippen LogP contribution in [0.5, 0.6) is 0 Å². The van der Waals surface area contributed by atoms with Crippen molar-refractivity contribution in [1.29, 1.82) is 0 Å². The molecule has 0 aromatic heterocycles. The molecule has 1 rings (SSSR count). The van der Waals surface area contributed by atoms with Gasteiger partial charge in [-0.2, -0.15) is 72.6 Å². The molecule has 0 aliphatic carbocycles. The molecule has 3 atom stereocenters. The highest BCUT2D eigenvalue weighted by molar-refractivity contribution is 5.68. The van der Waals surface area contributed by atoms with Crippen LogP contribution >= 0.6 is 0 Å². The Morgan fingerprint density at radius 3 is 1.73 bits per heavy atom. The van der Waals surface area contributed by atoms with E-state index in [0.717, 1.165) is 6.07 Å². The summed E-state index contributed by atoms with van der Waals surface area (Å²) >= 11 is 0. The fraction of sp³-hybridized carbons (Fsp3) is 0.562. The largest absolute Gasteiger partial charge is 0.595 e. The Morgan fingerprint density at radius 1 is 0.838 bits per heavy atom. The number of anilines is 1. The molecule has 21 heteroatoms. The maximum absolute atomic E-state index is 14.3. The van der Waals surface area contributed by atoms with Gasteiger partial charge in [0.15, 0.2) is 11.4 Å². The maximum atomic E-state index is 14.3. The lowest BCUT2D eigenvalue weighted by atomic mass is 9.86. The van der Waals surface area contributed by atoms with Crippen LogP contribution in [0.4, 0.5) is 74.1 Å². The van der Waals surface area contributed by atoms with Gasteiger partial charge in [-0.25, -0.2) is 10.4 Å². The molecule has 1 aromatic rings. The Morgan fingerprint density at radius 2 is 1.32 bits per heavy atom. The zero-order valence-electron chi connectivity index (χ0n) is 17.7. The quantitative estimate of drug-likeness (QED) is 0.157. The summed E-state index contributed by atoms with van der Waals surface area (Å²) in [4.78, 5) is 0. The van der Waals surface area contributed by atoms with Gasteiger partial charge in [0.1, 0.15) is 5.69 Å². The van der Waals surface area contributed by atoms with Crippen molar-refractivity contribution in [1.82, 2.24) is 0 Å². The highest BCUT2D eigenvalue weighted by Gasteiger charge is 2.91. The smallest absolute Gasteiger partial charge is 0.460 e. The van der Waals surface area contributed by atoms with Gasteiger partial charge in [-0.3, -0.25) is 5.43 Å². The van der Waals surface area contributed by atoms with E-state index < -0.39 is 75.6 Å². The summed E-state index contributed by atoms with van der Waals surface area (Å²) < 4.78 is 173. The second-order valence-corrected chi connectivity index (χ2v) is 7.19. The third-order valence-electron chi connectivity index (χ3n) is 4.80. The molecular weight excluding hydrogens is 559 g/mol. The molecule has 1 aromatic carbocycles. The highest BCUT2D eigenvalue weighted by atomic mass is 19.4. The topological polar surface area (TPSA) is 120 Å². The first kappa shape index (κ1) is 32.6. The van der Waals surface area contributed by atoms with Gasteiger partial charge in [0.25, 0.3) is 0 Å². The summed E-state index contributed by atoms with van der Waals surface area (Å²) in [5.41, 5.74) is -0.458. The molecule has 0 bridgehead atoms. The lowest BCUT2D eigenvalue weighted by Gasteiger charge is -2.41. The highest BCUT2D eigenvalue weighted by Crippen LogP contribution is 2.61. The molecule has 214 valence electrons. The zero-order valence-corrected chi connectivity index (χ0v) is 17.7. The number of hydrazone groups is 1. The van der Waals surface area contributed by atoms with E-state index in [1.54, 1.807) is 5.43 Å². The summed E-state index contributed by atoms with van der Waals surface area (Å²) in [7, 11) is 0. The van der Waals surface area contributed by atoms with Crippen LogP contribution < -0.4 is 15.9 Å². The number of benzene rings is 1. The van der Waals surface area contributed by atoms with Gasteiger partial charge in [0, 0.05) is 12.3 Å². The molecule has 0 amide bonds. The zero-order chi connectivity index (χ0) is 29.4. The minimum absolute atomic E-state index is 0.333. The molecule has 0 saturated carbocycles. The van der Waals surface area contributed by atoms with Gasteiger partial charge >= 0.3 is 35.8 Å². The third kappa shape index (κ3) is 5.55. The molecule has 2 unspecified atom stereocenters. The lowest BCUT2D eigenvalue weighted by molar-refractivity contribution is -0.996. The van der Waals surface area contributed by atoms with Crippen LogP contribution in [0.25, 0.3) is 0 Å². The van der Waals surface area contributed by atoms with Crippen molar-refractivity contribution < 1.29 is 77.9 Å². The van der Waals surface area contributed by atoms with E-state index in [1.165, 1.54) is 0 Å². The fourth-order valence-corrected chi connectivity index (χ4v) is 2.62. The van der Waals surface area contributed by atoms with E-state index in [2.05, 4.69) is 5.10 Å². The first-order valence-corrected chi connectivity index (χ1v) is 9.27. The van der Waals surface area contributed by atoms with Crippen molar-refractivity contribution in [3.63, 3.8) is 0 Å². The minimum atomic E-state index is -8.04. The van der Waals surface area contributed by atoms with E-state index in [9.17, 15) is 67.5 Å². The van der Waals surface area contributed by atoms with E-state index >= 15 is 0 Å². The molecule has 0 heterocycles. The van der Waals surface area contributed by atoms with E-state index in [1.807, 2.05) is 0 Å². The van der Waals surface area contributed by atoms with Gasteiger partial charge in [0.05, 0.1) is 12.0 Å². The molecule has 5 N–H and O–H groups in total. The fourth-order valence-electron chi connectivity index (χ4n) is 2.62. The van der Waals surface area contributed by atoms with Gasteiger partial charge in [0.2, 0.25) is 0 Å². The first-order valence-electron chi connectivity index (χ1n) is 9.27. The van der Waals surface area contributed by atoms with E-state index in [4.69, 9.17) is 10.4 Å². The Kier molecular flexibility index (Phi) is 9.12. The number of alkyl halides is 13. The summed E-state index contributed by atoms with van der Waals surface area (Å²) in [6.45, 7) is 0.575. The molecule has 0 fully saturated rings. The van der Waals surface area contributed by atoms with Gasteiger partial charge in [-0.05, 0) is 12.5 Å². The molecule has 0 spiro atoms. The Bertz CT molecular complexity index is 970. The first-order chi connectivity index (χ1) is 16.4. The van der Waals surface area contributed by atoms with Crippen molar-refractivity contribution in [2.75, 3.05) is 5.43 Å². The number of nitrogens with one attached hydrogen (secondary N) is 3. The van der Waals surface area contributed by atoms with Gasteiger partial charge in [-0.15, -0.1) is 0 Å². The van der Waals surface area contributed by atoms with Gasteiger partial charge < -0.3 is 10.4 Å². The lowest BCUT2D eigenvalue weighted by Crippen LogP contribution is -3.00. The van der Waals surface area contributed by atoms with E-state index in [-0.39, 0.29) is 6.21 Å². The van der Waals surface area contributed by atoms with Crippen molar-refractivity contribution in [2.24, 2.45) is 11.0 Å². The summed E-state index contributed by atoms with van der Waals surface area (Å²) in [6, 6.07) is 1.99. The number of quaternary nitrogens is 2. The van der Waals surface area contributed by atoms with Crippen LogP contribution in [0.15, 0.2) is 23.3 Å². The number of nitrogens with zero attached hydrogens (tertiary/aromatic N) is 1. The van der Waals surface area contributed by atoms with Crippen molar-refractivity contribution >= 4 is 23.3 Å². The molecule has 0 saturated heterocycles. The average Bonchev–Trinajstić information content (AvgIpc) is 2.74. The standard InChI is InChI=1S/C16H15F13N4O4/c1-2-7(6-30-31-9-4-3-8(32(34)35)5-10(9)33(36)37)11(17,18)12(19,20)13(21,22)14(23,24)15(25,26)16(27,28)29/h3-7,31-34,36H,2H2,1H3/t7-/m0/s1. The monoisotopic (exact) mass is 574 g/mol. The predicted octanol–water partition coefficient (Wildman–Crippen LogP) is 3.66. The van der Waals surface area contributed by atoms with Crippen LogP contribution in [0.1, 0.15) is 13.3 Å². The van der Waals surface area contributed by atoms with Crippen molar-refractivity contribution in [3.05, 3.63) is 28.6 Å². The van der Waals surface area contributed by atoms with Gasteiger partial charge in [-0.1, -0.05) is 6.92 Å². The summed E-state index contributed by atoms with van der Waals surface area (Å²) in [6.07, 6.45) is -9.21. The Balaban J connectivity index is 3.39. The van der Waals surface area contributed by atoms with Crippen LogP contribution in [0.2, 0.25) is 0 Å². The second-order valence-electron chi connectivity index (χ2n) is 7.19. The normalized spacial score (nSPS) is 17.1. The summed E-state index contributed by atoms with van der Waals surface area (Å²) in [5, 5.41) is 39.4. The van der Waals surface area contributed by atoms with Crippen LogP contribution in [0.3, 0.4) is 0 Å². The molecule has 37 heavy (non-hydrogen) atoms. The minimum Gasteiger partial charge on any atom is -0.595 e. The number of hydrogen-bond donors (Lipinski definition) is 5. The number of rotatable bonds is 11. The van der Waals surface area contributed by atoms with E-state index in [0.29, 0.717) is 19.1 Å². The third-order valence-corrected chi connectivity index (χ3v) is 4.80. The van der Waals surface area contributed by atoms with Crippen LogP contribution in [-0.4, -0.2) is 52.4 Å². The SMILES string of the molecule is CC[C@@H](C=NNc1ccc([NH+]([O-])O)cc1[NH+]([O-])O)C(F)(F)C(F)(F)C(F)(F)C(F)(F)C(F)(F)C(F)(F)F. The van der Waals surface area contributed by atoms with Crippen molar-refractivity contribution in [2.45, 2.75) is 49.1 Å². The number of halogens is 13. The van der Waals surface area contributed by atoms with Crippen LogP contribution in [0, 0.1) is 16.3 Å². The Hall–Kier alpha value is -2.46. The number of hydrogen-bond acceptors (Lipinski definition) is 6. The average molecular weight is 574 g/mol. The molecule has 8 nitrogen and oxygen atoms in total. The molecule has 0 aliphatic rings. The molecule has 0 radical (unpaired) electrons. The van der Waals surface area contributed by atoms with Crippen LogP contribution in [-0.2, 0) is 0 Å². The maximum Gasteiger partial charge on any atom is 0.460 e. The Labute approximate surface area is 196 Å². The predicted molar refractivity (Wildman–Crippen MR) is 94.7 cm³/mol. The molecule has 0 aliphatic heterocycles.